The second-order valence-corrected chi connectivity index (χ2v) is 10.1. The van der Waals surface area contributed by atoms with Gasteiger partial charge in [0, 0.05) is 25.6 Å². The van der Waals surface area contributed by atoms with Gasteiger partial charge in [0.1, 0.15) is 5.60 Å². The summed E-state index contributed by atoms with van der Waals surface area (Å²) in [4.78, 5) is 12.7. The van der Waals surface area contributed by atoms with Crippen molar-refractivity contribution in [1.82, 2.24) is 9.62 Å². The molecule has 1 saturated heterocycles. The van der Waals surface area contributed by atoms with Gasteiger partial charge in [-0.3, -0.25) is 4.79 Å². The number of carbonyl (C=O) groups is 1. The molecule has 1 unspecified atom stereocenters. The zero-order chi connectivity index (χ0) is 18.4. The second-order valence-electron chi connectivity index (χ2n) is 7.87. The van der Waals surface area contributed by atoms with Crippen LogP contribution in [0.3, 0.4) is 0 Å². The highest BCUT2D eigenvalue weighted by Crippen LogP contribution is 2.33. The molecule has 0 aromatic heterocycles. The summed E-state index contributed by atoms with van der Waals surface area (Å²) in [5.41, 5.74) is 0.858. The van der Waals surface area contributed by atoms with Gasteiger partial charge in [0.15, 0.2) is 0 Å². The van der Waals surface area contributed by atoms with E-state index in [1.54, 1.807) is 4.31 Å². The molecule has 0 spiro atoms. The van der Waals surface area contributed by atoms with Gasteiger partial charge in [0.05, 0.1) is 5.25 Å². The number of sulfonamides is 1. The lowest BCUT2D eigenvalue weighted by atomic mass is 9.79. The van der Waals surface area contributed by atoms with Gasteiger partial charge in [0.25, 0.3) is 5.91 Å². The number of amides is 1. The fourth-order valence-electron chi connectivity index (χ4n) is 4.06. The van der Waals surface area contributed by atoms with E-state index in [1.165, 1.54) is 5.56 Å². The molecule has 4 rings (SSSR count). The summed E-state index contributed by atoms with van der Waals surface area (Å²) in [7, 11) is -3.14. The smallest absolute Gasteiger partial charge is 0.252 e. The first kappa shape index (κ1) is 17.9. The number of rotatable bonds is 4. The second kappa shape index (κ2) is 6.62. The Bertz CT molecular complexity index is 798. The molecule has 0 bridgehead atoms. The topological polar surface area (TPSA) is 86.7 Å². The van der Waals surface area contributed by atoms with E-state index in [9.17, 15) is 18.3 Å². The molecule has 0 radical (unpaired) electrons. The average Bonchev–Trinajstić information content (AvgIpc) is 3.48. The van der Waals surface area contributed by atoms with Crippen LogP contribution in [0.25, 0.3) is 0 Å². The van der Waals surface area contributed by atoms with Crippen molar-refractivity contribution in [2.24, 2.45) is 0 Å². The zero-order valence-corrected chi connectivity index (χ0v) is 15.7. The third-order valence-corrected chi connectivity index (χ3v) is 8.33. The minimum atomic E-state index is -3.14. The van der Waals surface area contributed by atoms with Crippen LogP contribution in [0.15, 0.2) is 24.3 Å². The molecule has 142 valence electrons. The number of fused-ring (bicyclic) bond motifs is 1. The Balaban J connectivity index is 1.34. The fourth-order valence-corrected chi connectivity index (χ4v) is 5.94. The van der Waals surface area contributed by atoms with Crippen molar-refractivity contribution in [2.45, 2.75) is 61.8 Å². The first-order chi connectivity index (χ1) is 12.4. The van der Waals surface area contributed by atoms with E-state index in [0.717, 1.165) is 18.4 Å². The number of hydrogen-bond acceptors (Lipinski definition) is 4. The van der Waals surface area contributed by atoms with E-state index in [4.69, 9.17) is 0 Å². The molecule has 2 N–H and O–H groups in total. The molecule has 1 aromatic carbocycles. The van der Waals surface area contributed by atoms with Crippen LogP contribution in [0.4, 0.5) is 0 Å². The maximum atomic E-state index is 12.7. The van der Waals surface area contributed by atoms with Crippen LogP contribution < -0.4 is 5.32 Å². The number of carbonyl (C=O) groups excluding carboxylic acids is 1. The predicted molar refractivity (Wildman–Crippen MR) is 98.1 cm³/mol. The molecule has 7 heteroatoms. The number of piperidine rings is 1. The van der Waals surface area contributed by atoms with Crippen molar-refractivity contribution in [3.05, 3.63) is 35.4 Å². The van der Waals surface area contributed by atoms with Gasteiger partial charge in [-0.25, -0.2) is 12.7 Å². The Morgan fingerprint density at radius 3 is 2.42 bits per heavy atom. The van der Waals surface area contributed by atoms with Gasteiger partial charge in [-0.05, 0) is 49.7 Å². The van der Waals surface area contributed by atoms with E-state index in [2.05, 4.69) is 5.32 Å². The standard InChI is InChI=1S/C19H26N2O4S/c22-18(19(23)10-7-14-3-1-2-4-15(14)13-19)20-16-8-11-21(12-9-16)26(24,25)17-5-6-17/h1-4,16-17,23H,5-13H2,(H,20,22). The quantitative estimate of drug-likeness (QED) is 0.818. The lowest BCUT2D eigenvalue weighted by Gasteiger charge is -2.36. The molecule has 1 saturated carbocycles. The molecule has 1 atom stereocenters. The molecule has 2 fully saturated rings. The minimum Gasteiger partial charge on any atom is -0.380 e. The van der Waals surface area contributed by atoms with Crippen LogP contribution in [0, 0.1) is 0 Å². The molecule has 1 amide bonds. The lowest BCUT2D eigenvalue weighted by Crippen LogP contribution is -2.55. The highest BCUT2D eigenvalue weighted by Gasteiger charge is 2.43. The predicted octanol–water partition coefficient (Wildman–Crippen LogP) is 0.979. The van der Waals surface area contributed by atoms with E-state index < -0.39 is 15.6 Å². The molecule has 1 heterocycles. The van der Waals surface area contributed by atoms with Gasteiger partial charge >= 0.3 is 0 Å². The maximum Gasteiger partial charge on any atom is 0.252 e. The summed E-state index contributed by atoms with van der Waals surface area (Å²) in [5, 5.41) is 13.6. The van der Waals surface area contributed by atoms with Gasteiger partial charge in [-0.15, -0.1) is 0 Å². The number of aryl methyl sites for hydroxylation is 1. The Morgan fingerprint density at radius 2 is 1.77 bits per heavy atom. The van der Waals surface area contributed by atoms with Crippen molar-refractivity contribution in [1.29, 1.82) is 0 Å². The first-order valence-corrected chi connectivity index (χ1v) is 11.0. The number of nitrogens with zero attached hydrogens (tertiary/aromatic N) is 1. The minimum absolute atomic E-state index is 0.0747. The Kier molecular flexibility index (Phi) is 4.57. The van der Waals surface area contributed by atoms with Gasteiger partial charge in [-0.1, -0.05) is 24.3 Å². The van der Waals surface area contributed by atoms with Crippen LogP contribution in [-0.4, -0.2) is 53.7 Å². The van der Waals surface area contributed by atoms with Crippen LogP contribution in [0.5, 0.6) is 0 Å². The summed E-state index contributed by atoms with van der Waals surface area (Å²) in [6, 6.07) is 7.84. The van der Waals surface area contributed by atoms with Crippen molar-refractivity contribution in [3.8, 4) is 0 Å². The van der Waals surface area contributed by atoms with Crippen molar-refractivity contribution in [3.63, 3.8) is 0 Å². The monoisotopic (exact) mass is 378 g/mol. The molecule has 3 aliphatic rings. The Hall–Kier alpha value is -1.44. The molecule has 2 aliphatic carbocycles. The van der Waals surface area contributed by atoms with Gasteiger partial charge < -0.3 is 10.4 Å². The maximum absolute atomic E-state index is 12.7. The van der Waals surface area contributed by atoms with Crippen molar-refractivity contribution < 1.29 is 18.3 Å². The lowest BCUT2D eigenvalue weighted by molar-refractivity contribution is -0.142. The van der Waals surface area contributed by atoms with Crippen LogP contribution in [0.1, 0.15) is 43.2 Å². The molecule has 26 heavy (non-hydrogen) atoms. The molecule has 1 aromatic rings. The van der Waals surface area contributed by atoms with E-state index in [1.807, 2.05) is 24.3 Å². The number of hydrogen-bond donors (Lipinski definition) is 2. The summed E-state index contributed by atoms with van der Waals surface area (Å²) in [6.07, 6.45) is 4.20. The largest absolute Gasteiger partial charge is 0.380 e. The van der Waals surface area contributed by atoms with E-state index in [0.29, 0.717) is 45.2 Å². The van der Waals surface area contributed by atoms with Crippen LogP contribution in [0.2, 0.25) is 0 Å². The molecule has 6 nitrogen and oxygen atoms in total. The summed E-state index contributed by atoms with van der Waals surface area (Å²) < 4.78 is 26.1. The van der Waals surface area contributed by atoms with Gasteiger partial charge in [-0.2, -0.15) is 0 Å². The number of benzene rings is 1. The van der Waals surface area contributed by atoms with Crippen molar-refractivity contribution in [2.75, 3.05) is 13.1 Å². The number of aliphatic hydroxyl groups is 1. The Labute approximate surface area is 154 Å². The SMILES string of the molecule is O=C(NC1CCN(S(=O)(=O)C2CC2)CC1)C1(O)CCc2ccccc2C1. The summed E-state index contributed by atoms with van der Waals surface area (Å²) >= 11 is 0. The van der Waals surface area contributed by atoms with E-state index >= 15 is 0 Å². The fraction of sp³-hybridized carbons (Fsp3) is 0.632. The summed E-state index contributed by atoms with van der Waals surface area (Å²) in [5.74, 6) is -0.324. The summed E-state index contributed by atoms with van der Waals surface area (Å²) in [6.45, 7) is 0.899. The zero-order valence-electron chi connectivity index (χ0n) is 14.9. The first-order valence-electron chi connectivity index (χ1n) is 9.48. The Morgan fingerprint density at radius 1 is 1.12 bits per heavy atom. The highest BCUT2D eigenvalue weighted by atomic mass is 32.2. The molecular formula is C19H26N2O4S. The van der Waals surface area contributed by atoms with Crippen LogP contribution in [-0.2, 0) is 27.7 Å². The van der Waals surface area contributed by atoms with E-state index in [-0.39, 0.29) is 17.2 Å². The normalized spacial score (nSPS) is 27.7. The highest BCUT2D eigenvalue weighted by molar-refractivity contribution is 7.90. The number of nitrogens with one attached hydrogen (secondary N) is 1. The third kappa shape index (κ3) is 3.40. The van der Waals surface area contributed by atoms with Crippen LogP contribution >= 0.6 is 0 Å². The molecular weight excluding hydrogens is 352 g/mol. The van der Waals surface area contributed by atoms with Crippen molar-refractivity contribution >= 4 is 15.9 Å². The average molecular weight is 378 g/mol. The third-order valence-electron chi connectivity index (χ3n) is 5.93. The van der Waals surface area contributed by atoms with Gasteiger partial charge in [0.2, 0.25) is 10.0 Å². The molecule has 1 aliphatic heterocycles.